The molecule has 1 aliphatic rings. The Morgan fingerprint density at radius 2 is 2.03 bits per heavy atom. The number of hydrogen-bond donors (Lipinski definition) is 1. The average Bonchev–Trinajstić information content (AvgIpc) is 3.40. The summed E-state index contributed by atoms with van der Waals surface area (Å²) in [5.74, 6) is 0.375. The van der Waals surface area contributed by atoms with Crippen LogP contribution in [0, 0.1) is 0 Å². The van der Waals surface area contributed by atoms with Crippen molar-refractivity contribution in [1.82, 2.24) is 14.5 Å². The molecule has 178 valence electrons. The van der Waals surface area contributed by atoms with E-state index in [9.17, 15) is 23.1 Å². The third-order valence-electron chi connectivity index (χ3n) is 6.12. The van der Waals surface area contributed by atoms with E-state index in [1.807, 2.05) is 0 Å². The number of hydrogen-bond acceptors (Lipinski definition) is 6. The lowest BCUT2D eigenvalue weighted by atomic mass is 9.99. The number of rotatable bonds is 4. The predicted octanol–water partition coefficient (Wildman–Crippen LogP) is 6.57. The predicted molar refractivity (Wildman–Crippen MR) is 126 cm³/mol. The lowest BCUT2D eigenvalue weighted by Gasteiger charge is -2.17. The maximum Gasteiger partial charge on any atom is 0.416 e. The third kappa shape index (κ3) is 3.68. The maximum atomic E-state index is 13.8. The zero-order valence-corrected chi connectivity index (χ0v) is 19.3. The maximum absolute atomic E-state index is 13.8. The van der Waals surface area contributed by atoms with E-state index in [0.717, 1.165) is 36.3 Å². The van der Waals surface area contributed by atoms with Gasteiger partial charge in [-0.3, -0.25) is 9.36 Å². The van der Waals surface area contributed by atoms with Crippen molar-refractivity contribution >= 4 is 43.2 Å². The highest BCUT2D eigenvalue weighted by molar-refractivity contribution is 7.25. The summed E-state index contributed by atoms with van der Waals surface area (Å²) in [4.78, 5) is 22.7. The van der Waals surface area contributed by atoms with Gasteiger partial charge < -0.3 is 9.52 Å². The van der Waals surface area contributed by atoms with Crippen LogP contribution in [0.1, 0.15) is 35.6 Å². The number of nitrogens with zero attached hydrogens (tertiary/aromatic N) is 3. The van der Waals surface area contributed by atoms with Gasteiger partial charge in [0.1, 0.15) is 16.4 Å². The molecule has 0 unspecified atom stereocenters. The van der Waals surface area contributed by atoms with Crippen molar-refractivity contribution in [1.29, 1.82) is 0 Å². The van der Waals surface area contributed by atoms with Crippen LogP contribution in [0.3, 0.4) is 0 Å². The monoisotopic (exact) mass is 517 g/mol. The van der Waals surface area contributed by atoms with Crippen molar-refractivity contribution in [2.24, 2.45) is 0 Å². The second-order valence-corrected chi connectivity index (χ2v) is 9.83. The standard InChI is InChI=1S/C24H15ClF3N3O3S/c25-17-6-5-15-18-22(35-20(15)19(17)32)30-21(31(23(18)33)9-13-8-29-10-34-13)16-7-12(24(26,27)28)3-4-14(16)11-1-2-11/h3-8,10-11,32H,1-2,9H2. The molecule has 2 aromatic carbocycles. The van der Waals surface area contributed by atoms with Gasteiger partial charge in [-0.1, -0.05) is 23.7 Å². The van der Waals surface area contributed by atoms with Crippen LogP contribution in [0.25, 0.3) is 31.7 Å². The van der Waals surface area contributed by atoms with Crippen LogP contribution >= 0.6 is 22.9 Å². The highest BCUT2D eigenvalue weighted by Crippen LogP contribution is 2.46. The number of phenolic OH excluding ortho intramolecular Hbond substituents is 1. The fourth-order valence-corrected chi connectivity index (χ4v) is 5.61. The lowest BCUT2D eigenvalue weighted by Crippen LogP contribution is -2.24. The second-order valence-electron chi connectivity index (χ2n) is 8.42. The van der Waals surface area contributed by atoms with E-state index in [0.29, 0.717) is 26.2 Å². The van der Waals surface area contributed by atoms with E-state index in [1.165, 1.54) is 29.3 Å². The topological polar surface area (TPSA) is 81.2 Å². The van der Waals surface area contributed by atoms with Crippen molar-refractivity contribution in [3.05, 3.63) is 75.2 Å². The number of halogens is 4. The molecular formula is C24H15ClF3N3O3S. The highest BCUT2D eigenvalue weighted by Gasteiger charge is 2.34. The van der Waals surface area contributed by atoms with Crippen molar-refractivity contribution in [2.75, 3.05) is 0 Å². The molecule has 0 saturated heterocycles. The van der Waals surface area contributed by atoms with Gasteiger partial charge in [-0.05, 0) is 42.5 Å². The molecule has 1 saturated carbocycles. The summed E-state index contributed by atoms with van der Waals surface area (Å²) < 4.78 is 47.9. The molecule has 35 heavy (non-hydrogen) atoms. The molecular weight excluding hydrogens is 503 g/mol. The van der Waals surface area contributed by atoms with Crippen molar-refractivity contribution in [3.8, 4) is 17.1 Å². The number of benzene rings is 2. The van der Waals surface area contributed by atoms with E-state index >= 15 is 0 Å². The summed E-state index contributed by atoms with van der Waals surface area (Å²) in [6.45, 7) is -0.0750. The van der Waals surface area contributed by atoms with Crippen molar-refractivity contribution in [2.45, 2.75) is 31.5 Å². The smallest absolute Gasteiger partial charge is 0.416 e. The number of alkyl halides is 3. The van der Waals surface area contributed by atoms with Crippen LogP contribution < -0.4 is 5.56 Å². The van der Waals surface area contributed by atoms with E-state index in [-0.39, 0.29) is 40.0 Å². The van der Waals surface area contributed by atoms with Gasteiger partial charge in [-0.25, -0.2) is 9.97 Å². The third-order valence-corrected chi connectivity index (χ3v) is 7.53. The van der Waals surface area contributed by atoms with Gasteiger partial charge in [0.05, 0.1) is 33.4 Å². The van der Waals surface area contributed by atoms with E-state index in [1.54, 1.807) is 6.07 Å². The van der Waals surface area contributed by atoms with Crippen LogP contribution in [0.15, 0.2) is 52.1 Å². The fraction of sp³-hybridized carbons (Fsp3) is 0.208. The van der Waals surface area contributed by atoms with Gasteiger partial charge in [0.2, 0.25) is 0 Å². The molecule has 1 fully saturated rings. The minimum Gasteiger partial charge on any atom is -0.505 e. The first-order valence-corrected chi connectivity index (χ1v) is 11.8. The number of phenols is 1. The molecule has 1 aliphatic carbocycles. The SMILES string of the molecule is O=c1c2c(nc(-c3cc(C(F)(F)F)ccc3C3CC3)n1Cc1cnco1)sc1c(O)c(Cl)ccc12. The van der Waals surface area contributed by atoms with E-state index < -0.39 is 17.3 Å². The molecule has 0 aliphatic heterocycles. The largest absolute Gasteiger partial charge is 0.505 e. The molecule has 3 aromatic heterocycles. The van der Waals surface area contributed by atoms with Crippen LogP contribution in [-0.2, 0) is 12.7 Å². The summed E-state index contributed by atoms with van der Waals surface area (Å²) in [5, 5.41) is 11.3. The zero-order chi connectivity index (χ0) is 24.5. The van der Waals surface area contributed by atoms with Gasteiger partial charge in [-0.15, -0.1) is 11.3 Å². The van der Waals surface area contributed by atoms with E-state index in [4.69, 9.17) is 16.0 Å². The Morgan fingerprint density at radius 1 is 1.23 bits per heavy atom. The second kappa shape index (κ2) is 7.82. The Hall–Kier alpha value is -3.37. The summed E-state index contributed by atoms with van der Waals surface area (Å²) in [6, 6.07) is 6.70. The number of thiophene rings is 1. The lowest BCUT2D eigenvalue weighted by molar-refractivity contribution is -0.137. The van der Waals surface area contributed by atoms with Crippen LogP contribution in [0.4, 0.5) is 13.2 Å². The van der Waals surface area contributed by atoms with Crippen molar-refractivity contribution in [3.63, 3.8) is 0 Å². The van der Waals surface area contributed by atoms with Gasteiger partial charge in [0, 0.05) is 10.9 Å². The molecule has 6 rings (SSSR count). The molecule has 3 heterocycles. The van der Waals surface area contributed by atoms with Crippen LogP contribution in [0.2, 0.25) is 5.02 Å². The van der Waals surface area contributed by atoms with Gasteiger partial charge in [0.25, 0.3) is 5.56 Å². The Morgan fingerprint density at radius 3 is 2.71 bits per heavy atom. The minimum atomic E-state index is -4.56. The normalized spacial score (nSPS) is 14.3. The number of fused-ring (bicyclic) bond motifs is 3. The first kappa shape index (κ1) is 22.1. The highest BCUT2D eigenvalue weighted by atomic mass is 35.5. The Labute approximate surface area is 204 Å². The van der Waals surface area contributed by atoms with E-state index in [2.05, 4.69) is 9.97 Å². The van der Waals surface area contributed by atoms with Crippen LogP contribution in [0.5, 0.6) is 5.75 Å². The van der Waals surface area contributed by atoms with Crippen LogP contribution in [-0.4, -0.2) is 19.6 Å². The first-order valence-electron chi connectivity index (χ1n) is 10.7. The summed E-state index contributed by atoms with van der Waals surface area (Å²) in [5.41, 5.74) is -0.324. The summed E-state index contributed by atoms with van der Waals surface area (Å²) >= 11 is 7.12. The Balaban J connectivity index is 1.70. The molecule has 0 radical (unpaired) electrons. The first-order chi connectivity index (χ1) is 16.7. The summed E-state index contributed by atoms with van der Waals surface area (Å²) in [6.07, 6.45) is -0.209. The molecule has 5 aromatic rings. The molecule has 11 heteroatoms. The van der Waals surface area contributed by atoms with Crippen molar-refractivity contribution < 1.29 is 22.7 Å². The quantitative estimate of drug-likeness (QED) is 0.291. The number of aromatic nitrogens is 3. The molecule has 0 spiro atoms. The van der Waals surface area contributed by atoms with Gasteiger partial charge in [0.15, 0.2) is 12.1 Å². The Kier molecular flexibility index (Phi) is 4.94. The summed E-state index contributed by atoms with van der Waals surface area (Å²) in [7, 11) is 0. The average molecular weight is 518 g/mol. The number of aromatic hydroxyl groups is 1. The minimum absolute atomic E-state index is 0.0750. The molecule has 6 nitrogen and oxygen atoms in total. The number of oxazole rings is 1. The molecule has 1 N–H and O–H groups in total. The molecule has 0 atom stereocenters. The fourth-order valence-electron chi connectivity index (χ4n) is 4.29. The molecule has 0 bridgehead atoms. The Bertz CT molecular complexity index is 1670. The van der Waals surface area contributed by atoms with Gasteiger partial charge in [-0.2, -0.15) is 13.2 Å². The zero-order valence-electron chi connectivity index (χ0n) is 17.8. The van der Waals surface area contributed by atoms with Gasteiger partial charge >= 0.3 is 6.18 Å². The molecule has 0 amide bonds.